The van der Waals surface area contributed by atoms with E-state index in [1.54, 1.807) is 12.1 Å². The summed E-state index contributed by atoms with van der Waals surface area (Å²) in [6.07, 6.45) is 17.5. The van der Waals surface area contributed by atoms with Gasteiger partial charge in [-0.2, -0.15) is 0 Å². The van der Waals surface area contributed by atoms with Crippen molar-refractivity contribution >= 4 is 29.8 Å². The van der Waals surface area contributed by atoms with Crippen molar-refractivity contribution < 1.29 is 67.0 Å². The summed E-state index contributed by atoms with van der Waals surface area (Å²) < 4.78 is 43.9. The van der Waals surface area contributed by atoms with E-state index >= 15 is 0 Å². The maximum atomic E-state index is 13.2. The molecule has 57 heavy (non-hydrogen) atoms. The van der Waals surface area contributed by atoms with Gasteiger partial charge >= 0.3 is 29.8 Å². The Labute approximate surface area is 338 Å². The van der Waals surface area contributed by atoms with Crippen LogP contribution >= 0.6 is 0 Å². The summed E-state index contributed by atoms with van der Waals surface area (Å²) in [6, 6.07) is 5.28. The second kappa shape index (κ2) is 33.1. The van der Waals surface area contributed by atoms with Crippen LogP contribution in [0.5, 0.6) is 11.5 Å². The molecule has 0 radical (unpaired) electrons. The lowest BCUT2D eigenvalue weighted by atomic mass is 10.1. The van der Waals surface area contributed by atoms with Gasteiger partial charge in [0.1, 0.15) is 17.1 Å². The molecule has 0 bridgehead atoms. The Kier molecular flexibility index (Phi) is 28.6. The number of benzene rings is 1. The first kappa shape index (κ1) is 49.2. The van der Waals surface area contributed by atoms with E-state index in [1.807, 2.05) is 6.07 Å². The minimum Gasteiger partial charge on any atom is -0.494 e. The van der Waals surface area contributed by atoms with Gasteiger partial charge in [0.2, 0.25) is 0 Å². The molecule has 2 rings (SSSR count). The first-order valence-corrected chi connectivity index (χ1v) is 21.2. The SMILES string of the molecule is COC(=O)CCC(=O)OCCCCCCCCOc1ccc(OCCCCCCCCOC(=O)CCC(=O)O)c(C(=O)OCCCCCCOC2CCCCO2)c1. The number of ether oxygens (including phenoxy) is 8. The third-order valence-electron chi connectivity index (χ3n) is 9.32. The molecule has 1 saturated heterocycles. The Morgan fingerprint density at radius 3 is 1.67 bits per heavy atom. The number of esters is 4. The fourth-order valence-corrected chi connectivity index (χ4v) is 5.97. The molecule has 1 fully saturated rings. The van der Waals surface area contributed by atoms with Crippen molar-refractivity contribution in [3.05, 3.63) is 23.8 Å². The van der Waals surface area contributed by atoms with Crippen LogP contribution in [-0.2, 0) is 47.6 Å². The van der Waals surface area contributed by atoms with Crippen molar-refractivity contribution in [1.29, 1.82) is 0 Å². The number of hydrogen-bond acceptors (Lipinski definition) is 13. The minimum absolute atomic E-state index is 0.0311. The second-order valence-corrected chi connectivity index (χ2v) is 14.2. The largest absolute Gasteiger partial charge is 0.494 e. The number of methoxy groups -OCH3 is 1. The van der Waals surface area contributed by atoms with Crippen molar-refractivity contribution in [3.63, 3.8) is 0 Å². The molecule has 0 spiro atoms. The third kappa shape index (κ3) is 26.6. The first-order valence-electron chi connectivity index (χ1n) is 21.2. The van der Waals surface area contributed by atoms with Gasteiger partial charge in [-0.15, -0.1) is 0 Å². The highest BCUT2D eigenvalue weighted by Gasteiger charge is 2.17. The number of rotatable bonds is 35. The number of aliphatic carboxylic acids is 1. The molecule has 1 unspecified atom stereocenters. The lowest BCUT2D eigenvalue weighted by Crippen LogP contribution is -2.22. The Morgan fingerprint density at radius 2 is 1.11 bits per heavy atom. The van der Waals surface area contributed by atoms with E-state index in [0.29, 0.717) is 56.7 Å². The molecule has 1 aromatic carbocycles. The minimum atomic E-state index is -1.01. The van der Waals surface area contributed by atoms with Gasteiger partial charge in [-0.05, 0) is 82.4 Å². The van der Waals surface area contributed by atoms with Crippen LogP contribution in [0.3, 0.4) is 0 Å². The maximum absolute atomic E-state index is 13.2. The summed E-state index contributed by atoms with van der Waals surface area (Å²) in [4.78, 5) is 58.1. The number of carboxylic acids is 1. The third-order valence-corrected chi connectivity index (χ3v) is 9.32. The summed E-state index contributed by atoms with van der Waals surface area (Å²) in [7, 11) is 1.29. The van der Waals surface area contributed by atoms with Crippen molar-refractivity contribution in [1.82, 2.24) is 0 Å². The van der Waals surface area contributed by atoms with E-state index < -0.39 is 23.9 Å². The van der Waals surface area contributed by atoms with E-state index in [9.17, 15) is 24.0 Å². The van der Waals surface area contributed by atoms with Crippen LogP contribution in [0.2, 0.25) is 0 Å². The number of hydrogen-bond donors (Lipinski definition) is 1. The average molecular weight is 809 g/mol. The molecule has 1 N–H and O–H groups in total. The summed E-state index contributed by atoms with van der Waals surface area (Å²) >= 11 is 0. The average Bonchev–Trinajstić information content (AvgIpc) is 3.21. The monoisotopic (exact) mass is 808 g/mol. The van der Waals surface area contributed by atoms with Crippen LogP contribution in [0.15, 0.2) is 18.2 Å². The smallest absolute Gasteiger partial charge is 0.342 e. The Balaban J connectivity index is 1.68. The quantitative estimate of drug-likeness (QED) is 0.0393. The normalized spacial score (nSPS) is 13.7. The van der Waals surface area contributed by atoms with Crippen LogP contribution in [-0.4, -0.2) is 94.6 Å². The molecule has 1 aliphatic heterocycles. The van der Waals surface area contributed by atoms with E-state index in [-0.39, 0.29) is 37.9 Å². The molecule has 1 atom stereocenters. The molecule has 1 aromatic rings. The second-order valence-electron chi connectivity index (χ2n) is 14.2. The Bertz CT molecular complexity index is 1260. The summed E-state index contributed by atoms with van der Waals surface area (Å²) in [5.41, 5.74) is 0.345. The van der Waals surface area contributed by atoms with Crippen LogP contribution in [0, 0.1) is 0 Å². The highest BCUT2D eigenvalue weighted by Crippen LogP contribution is 2.26. The predicted octanol–water partition coefficient (Wildman–Crippen LogP) is 8.29. The van der Waals surface area contributed by atoms with Crippen molar-refractivity contribution in [2.45, 2.75) is 154 Å². The number of carboxylic acid groups (broad SMARTS) is 1. The summed E-state index contributed by atoms with van der Waals surface area (Å²) in [5.74, 6) is -1.69. The van der Waals surface area contributed by atoms with Gasteiger partial charge < -0.3 is 43.0 Å². The molecular formula is C43H68O14. The van der Waals surface area contributed by atoms with Crippen LogP contribution in [0.25, 0.3) is 0 Å². The number of carbonyl (C=O) groups excluding carboxylic acids is 4. The zero-order valence-corrected chi connectivity index (χ0v) is 34.3. The van der Waals surface area contributed by atoms with Crippen LogP contribution in [0.1, 0.15) is 158 Å². The number of unbranched alkanes of at least 4 members (excludes halogenated alkanes) is 13. The molecule has 1 heterocycles. The highest BCUT2D eigenvalue weighted by molar-refractivity contribution is 5.93. The summed E-state index contributed by atoms with van der Waals surface area (Å²) in [6.45, 7) is 3.37. The van der Waals surface area contributed by atoms with E-state index in [2.05, 4.69) is 4.74 Å². The fraction of sp³-hybridized carbons (Fsp3) is 0.744. The standard InChI is InChI=1S/C43H68O14/c1-50-39(46)25-26-41(48)54-30-16-8-4-2-6-13-27-51-35-21-22-37(52-28-14-7-3-5-9-15-29-53-40(47)24-23-38(44)45)36(34-35)43(49)57-33-18-11-10-17-31-55-42-20-12-19-32-56-42/h21-22,34,42H,2-20,23-33H2,1H3,(H,44,45). The molecule has 0 aliphatic carbocycles. The zero-order chi connectivity index (χ0) is 41.2. The molecule has 324 valence electrons. The Hall–Kier alpha value is -3.91. The molecule has 1 aliphatic rings. The van der Waals surface area contributed by atoms with Gasteiger partial charge in [0.15, 0.2) is 6.29 Å². The predicted molar refractivity (Wildman–Crippen MR) is 211 cm³/mol. The highest BCUT2D eigenvalue weighted by atomic mass is 16.7. The van der Waals surface area contributed by atoms with Gasteiger partial charge in [-0.1, -0.05) is 57.8 Å². The van der Waals surface area contributed by atoms with E-state index in [0.717, 1.165) is 129 Å². The van der Waals surface area contributed by atoms with Gasteiger partial charge in [0.25, 0.3) is 0 Å². The lowest BCUT2D eigenvalue weighted by Gasteiger charge is -2.22. The molecule has 14 nitrogen and oxygen atoms in total. The first-order chi connectivity index (χ1) is 27.8. The van der Waals surface area contributed by atoms with Crippen LogP contribution < -0.4 is 9.47 Å². The van der Waals surface area contributed by atoms with Gasteiger partial charge in [0.05, 0.1) is 65.8 Å². The maximum Gasteiger partial charge on any atom is 0.342 e. The fourth-order valence-electron chi connectivity index (χ4n) is 5.97. The van der Waals surface area contributed by atoms with E-state index in [4.69, 9.17) is 38.3 Å². The molecule has 0 amide bonds. The van der Waals surface area contributed by atoms with Gasteiger partial charge in [0, 0.05) is 13.2 Å². The molecule has 0 aromatic heterocycles. The van der Waals surface area contributed by atoms with Crippen molar-refractivity contribution in [3.8, 4) is 11.5 Å². The zero-order valence-electron chi connectivity index (χ0n) is 34.3. The van der Waals surface area contributed by atoms with Gasteiger partial charge in [-0.3, -0.25) is 19.2 Å². The molecule has 14 heteroatoms. The van der Waals surface area contributed by atoms with Crippen molar-refractivity contribution in [2.24, 2.45) is 0 Å². The number of carbonyl (C=O) groups is 5. The van der Waals surface area contributed by atoms with Crippen LogP contribution in [0.4, 0.5) is 0 Å². The lowest BCUT2D eigenvalue weighted by molar-refractivity contribution is -0.162. The van der Waals surface area contributed by atoms with E-state index in [1.165, 1.54) is 7.11 Å². The molecular weight excluding hydrogens is 740 g/mol. The summed E-state index contributed by atoms with van der Waals surface area (Å²) in [5, 5.41) is 8.64. The topological polar surface area (TPSA) is 179 Å². The Morgan fingerprint density at radius 1 is 0.596 bits per heavy atom. The molecule has 0 saturated carbocycles. The van der Waals surface area contributed by atoms with Gasteiger partial charge in [-0.25, -0.2) is 4.79 Å². The van der Waals surface area contributed by atoms with Crippen molar-refractivity contribution in [2.75, 3.05) is 53.4 Å².